The normalized spacial score (nSPS) is 18.8. The van der Waals surface area contributed by atoms with E-state index in [1.807, 2.05) is 23.9 Å². The predicted molar refractivity (Wildman–Crippen MR) is 150 cm³/mol. The van der Waals surface area contributed by atoms with Crippen LogP contribution < -0.4 is 10.6 Å². The first kappa shape index (κ1) is 25.4. The summed E-state index contributed by atoms with van der Waals surface area (Å²) in [7, 11) is 0.0666. The van der Waals surface area contributed by atoms with E-state index in [1.54, 1.807) is 6.20 Å². The van der Waals surface area contributed by atoms with Crippen LogP contribution in [-0.4, -0.2) is 41.2 Å². The van der Waals surface area contributed by atoms with Crippen molar-refractivity contribution in [1.29, 1.82) is 5.26 Å². The van der Waals surface area contributed by atoms with Crippen molar-refractivity contribution in [2.45, 2.75) is 70.5 Å². The number of nitriles is 1. The Morgan fingerprint density at radius 1 is 1.27 bits per heavy atom. The van der Waals surface area contributed by atoms with Gasteiger partial charge in [-0.2, -0.15) is 10.4 Å². The molecule has 1 unspecified atom stereocenters. The molecule has 0 amide bonds. The lowest BCUT2D eigenvalue weighted by Gasteiger charge is -2.39. The summed E-state index contributed by atoms with van der Waals surface area (Å²) < 4.78 is 8.60. The highest BCUT2D eigenvalue weighted by atomic mass is 28.4. The highest BCUT2D eigenvalue weighted by Gasteiger charge is 2.42. The Hall–Kier alpha value is -3.22. The molecule has 0 spiro atoms. The molecular formula is C28H37N7OSi. The largest absolute Gasteiger partial charge is 0.416 e. The highest BCUT2D eigenvalue weighted by Crippen LogP contribution is 2.44. The number of nitrogens with zero attached hydrogens (tertiary/aromatic N) is 5. The lowest BCUT2D eigenvalue weighted by atomic mass is 9.83. The van der Waals surface area contributed by atoms with Crippen LogP contribution in [0, 0.1) is 11.3 Å². The number of hydrogen-bond acceptors (Lipinski definition) is 7. The Labute approximate surface area is 220 Å². The van der Waals surface area contributed by atoms with Crippen LogP contribution in [0.4, 0.5) is 17.5 Å². The highest BCUT2D eigenvalue weighted by molar-refractivity contribution is 6.74. The third kappa shape index (κ3) is 4.53. The van der Waals surface area contributed by atoms with Crippen molar-refractivity contribution in [2.24, 2.45) is 7.05 Å². The van der Waals surface area contributed by atoms with Gasteiger partial charge in [-0.05, 0) is 61.2 Å². The lowest BCUT2D eigenvalue weighted by molar-refractivity contribution is 0.220. The van der Waals surface area contributed by atoms with Crippen molar-refractivity contribution in [2.75, 3.05) is 23.8 Å². The molecule has 194 valence electrons. The average molecular weight is 516 g/mol. The first-order valence-electron chi connectivity index (χ1n) is 13.0. The van der Waals surface area contributed by atoms with Gasteiger partial charge >= 0.3 is 0 Å². The van der Waals surface area contributed by atoms with Gasteiger partial charge in [-0.3, -0.25) is 4.68 Å². The number of aromatic nitrogens is 4. The molecule has 1 aliphatic heterocycles. The van der Waals surface area contributed by atoms with E-state index in [0.717, 1.165) is 54.1 Å². The summed E-state index contributed by atoms with van der Waals surface area (Å²) in [6.07, 6.45) is 4.98. The molecule has 0 bridgehead atoms. The molecule has 3 aromatic rings. The van der Waals surface area contributed by atoms with Crippen LogP contribution in [-0.2, 0) is 29.7 Å². The molecular weight excluding hydrogens is 478 g/mol. The minimum absolute atomic E-state index is 0.135. The second-order valence-corrected chi connectivity index (χ2v) is 17.0. The number of nitrogens with one attached hydrogen (secondary N) is 2. The number of aryl methyl sites for hydroxylation is 1. The van der Waals surface area contributed by atoms with Crippen LogP contribution in [0.15, 0.2) is 24.4 Å². The molecule has 1 aromatic carbocycles. The fraction of sp³-hybridized carbons (Fsp3) is 0.500. The Morgan fingerprint density at radius 2 is 2.05 bits per heavy atom. The molecule has 0 fully saturated rings. The third-order valence-electron chi connectivity index (χ3n) is 8.42. The van der Waals surface area contributed by atoms with E-state index >= 15 is 0 Å². The van der Waals surface area contributed by atoms with E-state index in [4.69, 9.17) is 9.41 Å². The van der Waals surface area contributed by atoms with E-state index < -0.39 is 8.32 Å². The van der Waals surface area contributed by atoms with Gasteiger partial charge in [0.1, 0.15) is 6.07 Å². The zero-order chi connectivity index (χ0) is 26.6. The zero-order valence-corrected chi connectivity index (χ0v) is 24.0. The topological polar surface area (TPSA) is 101 Å². The fourth-order valence-corrected chi connectivity index (χ4v) is 6.12. The Kier molecular flexibility index (Phi) is 6.16. The second kappa shape index (κ2) is 8.96. The second-order valence-electron chi connectivity index (χ2n) is 12.2. The zero-order valence-electron chi connectivity index (χ0n) is 23.0. The molecule has 8 nitrogen and oxygen atoms in total. The summed E-state index contributed by atoms with van der Waals surface area (Å²) in [5.41, 5.74) is 6.60. The molecule has 2 N–H and O–H groups in total. The molecule has 9 heteroatoms. The summed E-state index contributed by atoms with van der Waals surface area (Å²) in [5.74, 6) is 1.34. The summed E-state index contributed by atoms with van der Waals surface area (Å²) in [5, 5.41) is 21.6. The van der Waals surface area contributed by atoms with Crippen molar-refractivity contribution in [3.05, 3.63) is 46.8 Å². The van der Waals surface area contributed by atoms with Gasteiger partial charge in [0.2, 0.25) is 5.95 Å². The molecule has 0 saturated carbocycles. The van der Waals surface area contributed by atoms with Gasteiger partial charge in [0, 0.05) is 48.6 Å². The minimum atomic E-state index is -1.92. The number of rotatable bonds is 6. The Morgan fingerprint density at radius 3 is 2.78 bits per heavy atom. The molecule has 0 radical (unpaired) electrons. The SMILES string of the molecule is Cn1nc(Nc2nccc(-c3cc(C#N)c4c(c3)C(C)(CO[Si](C)(C)C(C)(C)C)CN4)n2)c2c1CCC2. The number of benzene rings is 1. The average Bonchev–Trinajstić information content (AvgIpc) is 3.54. The van der Waals surface area contributed by atoms with E-state index in [1.165, 1.54) is 11.3 Å². The van der Waals surface area contributed by atoms with Crippen LogP contribution in [0.5, 0.6) is 0 Å². The van der Waals surface area contributed by atoms with Gasteiger partial charge in [0.15, 0.2) is 14.1 Å². The lowest BCUT2D eigenvalue weighted by Crippen LogP contribution is -2.45. The maximum Gasteiger partial charge on any atom is 0.228 e. The quantitative estimate of drug-likeness (QED) is 0.407. The maximum absolute atomic E-state index is 9.98. The van der Waals surface area contributed by atoms with Crippen LogP contribution in [0.3, 0.4) is 0 Å². The number of anilines is 3. The summed E-state index contributed by atoms with van der Waals surface area (Å²) >= 11 is 0. The Balaban J connectivity index is 1.46. The van der Waals surface area contributed by atoms with Gasteiger partial charge in [-0.25, -0.2) is 9.97 Å². The van der Waals surface area contributed by atoms with Gasteiger partial charge in [-0.15, -0.1) is 0 Å². The van der Waals surface area contributed by atoms with Gasteiger partial charge in [0.05, 0.1) is 16.9 Å². The molecule has 2 aliphatic rings. The van der Waals surface area contributed by atoms with Gasteiger partial charge in [-0.1, -0.05) is 27.7 Å². The molecule has 1 atom stereocenters. The first-order valence-corrected chi connectivity index (χ1v) is 15.9. The Bertz CT molecular complexity index is 1400. The number of fused-ring (bicyclic) bond motifs is 2. The predicted octanol–water partition coefficient (Wildman–Crippen LogP) is 5.69. The molecule has 1 aliphatic carbocycles. The van der Waals surface area contributed by atoms with E-state index in [0.29, 0.717) is 18.1 Å². The smallest absolute Gasteiger partial charge is 0.228 e. The molecule has 2 aromatic heterocycles. The molecule has 0 saturated heterocycles. The molecule has 5 rings (SSSR count). The van der Waals surface area contributed by atoms with Crippen LogP contribution in [0.1, 0.15) is 56.5 Å². The third-order valence-corrected chi connectivity index (χ3v) is 12.9. The van der Waals surface area contributed by atoms with Crippen LogP contribution in [0.2, 0.25) is 18.1 Å². The van der Waals surface area contributed by atoms with Crippen LogP contribution >= 0.6 is 0 Å². The fourth-order valence-electron chi connectivity index (χ4n) is 5.01. The standard InChI is InChI=1S/C28H37N7OSi/c1-27(2,3)37(6,7)36-17-28(4)16-31-24-19(15-29)13-18(14-21(24)28)22-11-12-30-26(32-22)33-25-20-9-8-10-23(20)35(5)34-25/h11-14,31H,8-10,16-17H2,1-7H3,(H,30,32,33,34). The summed E-state index contributed by atoms with van der Waals surface area (Å²) in [6.45, 7) is 14.9. The molecule has 3 heterocycles. The monoisotopic (exact) mass is 515 g/mol. The van der Waals surface area contributed by atoms with E-state index in [-0.39, 0.29) is 10.5 Å². The van der Waals surface area contributed by atoms with E-state index in [9.17, 15) is 5.26 Å². The van der Waals surface area contributed by atoms with Crippen LogP contribution in [0.25, 0.3) is 11.3 Å². The number of hydrogen-bond donors (Lipinski definition) is 2. The van der Waals surface area contributed by atoms with Gasteiger partial charge < -0.3 is 15.1 Å². The summed E-state index contributed by atoms with van der Waals surface area (Å²) in [6, 6.07) is 8.36. The van der Waals surface area contributed by atoms with E-state index in [2.05, 4.69) is 73.6 Å². The van der Waals surface area contributed by atoms with Crippen molar-refractivity contribution >= 4 is 25.8 Å². The first-order chi connectivity index (χ1) is 17.4. The van der Waals surface area contributed by atoms with Crippen molar-refractivity contribution in [3.8, 4) is 17.3 Å². The van der Waals surface area contributed by atoms with Crippen molar-refractivity contribution in [3.63, 3.8) is 0 Å². The van der Waals surface area contributed by atoms with Crippen molar-refractivity contribution in [1.82, 2.24) is 19.7 Å². The van der Waals surface area contributed by atoms with Gasteiger partial charge in [0.25, 0.3) is 0 Å². The minimum Gasteiger partial charge on any atom is -0.416 e. The van der Waals surface area contributed by atoms with Crippen molar-refractivity contribution < 1.29 is 4.43 Å². The summed E-state index contributed by atoms with van der Waals surface area (Å²) in [4.78, 5) is 9.27. The maximum atomic E-state index is 9.98. The molecule has 37 heavy (non-hydrogen) atoms.